The van der Waals surface area contributed by atoms with Crippen LogP contribution < -0.4 is 0 Å². The molecule has 0 rings (SSSR count). The summed E-state index contributed by atoms with van der Waals surface area (Å²) in [6.45, 7) is 1.32. The number of esters is 1. The number of carbonyl (C=O) groups excluding carboxylic acids is 1. The molecule has 0 aliphatic carbocycles. The molecule has 34 heavy (non-hydrogen) atoms. The predicted octanol–water partition coefficient (Wildman–Crippen LogP) is 3.20. The normalized spacial score (nSPS) is 15.9. The molecule has 194 valence electrons. The number of carbonyl (C=O) groups is 2. The van der Waals surface area contributed by atoms with Crippen LogP contribution in [-0.4, -0.2) is 68.5 Å². The van der Waals surface area contributed by atoms with Gasteiger partial charge in [0.25, 0.3) is 0 Å². The Morgan fingerprint density at radius 2 is 1.26 bits per heavy atom. The molecule has 8 heteroatoms. The molecule has 5 N–H and O–H groups in total. The summed E-state index contributed by atoms with van der Waals surface area (Å²) in [5.41, 5.74) is 0. The lowest BCUT2D eigenvalue weighted by Crippen LogP contribution is -2.50. The lowest BCUT2D eigenvalue weighted by Gasteiger charge is -2.26. The molecule has 0 bridgehead atoms. The Bertz CT molecular complexity index is 653. The third kappa shape index (κ3) is 16.4. The molecular weight excluding hydrogens is 440 g/mol. The maximum atomic E-state index is 11.8. The molecule has 4 atom stereocenters. The first kappa shape index (κ1) is 31.7. The second-order valence-corrected chi connectivity index (χ2v) is 7.96. The monoisotopic (exact) mass is 482 g/mol. The zero-order valence-electron chi connectivity index (χ0n) is 20.2. The second kappa shape index (κ2) is 21.3. The average Bonchev–Trinajstić information content (AvgIpc) is 2.82. The van der Waals surface area contributed by atoms with Crippen molar-refractivity contribution >= 4 is 11.9 Å². The summed E-state index contributed by atoms with van der Waals surface area (Å²) in [5, 5.41) is 46.6. The van der Waals surface area contributed by atoms with E-state index in [9.17, 15) is 24.9 Å². The highest BCUT2D eigenvalue weighted by Gasteiger charge is 2.38. The van der Waals surface area contributed by atoms with Crippen molar-refractivity contribution in [3.05, 3.63) is 48.6 Å². The van der Waals surface area contributed by atoms with Gasteiger partial charge < -0.3 is 30.3 Å². The number of aliphatic hydroxyl groups is 4. The van der Waals surface area contributed by atoms with Crippen LogP contribution in [0.1, 0.15) is 71.1 Å². The van der Waals surface area contributed by atoms with Gasteiger partial charge in [0.1, 0.15) is 18.3 Å². The third-order valence-electron chi connectivity index (χ3n) is 4.95. The number of hydrogen-bond donors (Lipinski definition) is 5. The first-order chi connectivity index (χ1) is 16.3. The van der Waals surface area contributed by atoms with Gasteiger partial charge in [-0.3, -0.25) is 4.79 Å². The molecule has 0 aromatic heterocycles. The van der Waals surface area contributed by atoms with Gasteiger partial charge in [-0.25, -0.2) is 4.79 Å². The van der Waals surface area contributed by atoms with E-state index in [0.717, 1.165) is 25.7 Å². The Hall–Kier alpha value is -2.26. The molecule has 0 radical (unpaired) electrons. The van der Waals surface area contributed by atoms with Crippen LogP contribution in [0.3, 0.4) is 0 Å². The Kier molecular flexibility index (Phi) is 19.9. The van der Waals surface area contributed by atoms with E-state index in [0.29, 0.717) is 12.8 Å². The summed E-state index contributed by atoms with van der Waals surface area (Å²) >= 11 is 0. The minimum absolute atomic E-state index is 0.0623. The topological polar surface area (TPSA) is 145 Å². The molecule has 0 unspecified atom stereocenters. The van der Waals surface area contributed by atoms with Crippen molar-refractivity contribution in [3.63, 3.8) is 0 Å². The molecule has 0 aromatic carbocycles. The Balaban J connectivity index is 4.02. The van der Waals surface area contributed by atoms with Gasteiger partial charge in [-0.15, -0.1) is 0 Å². The summed E-state index contributed by atoms with van der Waals surface area (Å²) in [4.78, 5) is 23.1. The average molecular weight is 483 g/mol. The van der Waals surface area contributed by atoms with Gasteiger partial charge in [-0.05, 0) is 44.9 Å². The molecule has 0 aliphatic heterocycles. The summed E-state index contributed by atoms with van der Waals surface area (Å²) in [6, 6.07) is 0. The first-order valence-corrected chi connectivity index (χ1v) is 12.0. The number of carboxylic acids is 1. The van der Waals surface area contributed by atoms with Crippen molar-refractivity contribution in [1.82, 2.24) is 0 Å². The number of aliphatic carboxylic acids is 1. The van der Waals surface area contributed by atoms with Crippen LogP contribution in [0.15, 0.2) is 48.6 Å². The fourth-order valence-corrected chi connectivity index (χ4v) is 2.91. The van der Waals surface area contributed by atoms with Crippen molar-refractivity contribution in [2.24, 2.45) is 0 Å². The maximum absolute atomic E-state index is 11.8. The molecule has 0 amide bonds. The van der Waals surface area contributed by atoms with Crippen molar-refractivity contribution in [3.8, 4) is 0 Å². The van der Waals surface area contributed by atoms with Crippen LogP contribution >= 0.6 is 0 Å². The predicted molar refractivity (Wildman–Crippen MR) is 131 cm³/mol. The van der Waals surface area contributed by atoms with E-state index in [1.807, 2.05) is 12.2 Å². The SMILES string of the molecule is CCCCCC=CCC=CCC=CCC=CCCCC(=O)O[C@@H](C(=O)O)[C@@H](O)[C@H](O)[C@H](O)CO. The van der Waals surface area contributed by atoms with Crippen molar-refractivity contribution in [1.29, 1.82) is 0 Å². The lowest BCUT2D eigenvalue weighted by atomic mass is 10.0. The largest absolute Gasteiger partial charge is 0.478 e. The third-order valence-corrected chi connectivity index (χ3v) is 4.95. The number of aliphatic hydroxyl groups excluding tert-OH is 4. The van der Waals surface area contributed by atoms with Crippen LogP contribution in [0.4, 0.5) is 0 Å². The van der Waals surface area contributed by atoms with Crippen LogP contribution in [0.25, 0.3) is 0 Å². The van der Waals surface area contributed by atoms with Crippen molar-refractivity contribution < 1.29 is 39.9 Å². The lowest BCUT2D eigenvalue weighted by molar-refractivity contribution is -0.182. The van der Waals surface area contributed by atoms with Crippen molar-refractivity contribution in [2.45, 2.75) is 95.5 Å². The fourth-order valence-electron chi connectivity index (χ4n) is 2.91. The zero-order chi connectivity index (χ0) is 25.6. The fraction of sp³-hybridized carbons (Fsp3) is 0.615. The number of hydrogen-bond acceptors (Lipinski definition) is 7. The zero-order valence-corrected chi connectivity index (χ0v) is 20.2. The number of unbranched alkanes of at least 4 members (excludes halogenated alkanes) is 4. The minimum atomic E-state index is -2.07. The molecule has 0 saturated carbocycles. The van der Waals surface area contributed by atoms with Gasteiger partial charge in [-0.1, -0.05) is 68.4 Å². The van der Waals surface area contributed by atoms with E-state index in [2.05, 4.69) is 43.4 Å². The molecule has 0 saturated heterocycles. The smallest absolute Gasteiger partial charge is 0.347 e. The summed E-state index contributed by atoms with van der Waals surface area (Å²) < 4.78 is 4.73. The molecule has 8 nitrogen and oxygen atoms in total. The quantitative estimate of drug-likeness (QED) is 0.101. The van der Waals surface area contributed by atoms with Crippen LogP contribution in [0.2, 0.25) is 0 Å². The van der Waals surface area contributed by atoms with E-state index >= 15 is 0 Å². The summed E-state index contributed by atoms with van der Waals surface area (Å²) in [7, 11) is 0. The number of rotatable bonds is 20. The van der Waals surface area contributed by atoms with Gasteiger partial charge in [0.2, 0.25) is 6.10 Å². The number of ether oxygens (including phenoxy) is 1. The highest BCUT2D eigenvalue weighted by atomic mass is 16.6. The molecule has 0 spiro atoms. The van der Waals surface area contributed by atoms with Crippen LogP contribution in [0.5, 0.6) is 0 Å². The highest BCUT2D eigenvalue weighted by Crippen LogP contribution is 2.11. The Labute approximate surface area is 203 Å². The number of carboxylic acid groups (broad SMARTS) is 1. The molecular formula is C26H42O8. The van der Waals surface area contributed by atoms with Gasteiger partial charge in [-0.2, -0.15) is 0 Å². The first-order valence-electron chi connectivity index (χ1n) is 12.0. The Morgan fingerprint density at radius 1 is 0.765 bits per heavy atom. The van der Waals surface area contributed by atoms with E-state index in [1.165, 1.54) is 19.3 Å². The number of allylic oxidation sites excluding steroid dienone is 8. The van der Waals surface area contributed by atoms with Crippen LogP contribution in [0, 0.1) is 0 Å². The van der Waals surface area contributed by atoms with E-state index in [-0.39, 0.29) is 6.42 Å². The summed E-state index contributed by atoms with van der Waals surface area (Å²) in [5.74, 6) is -2.50. The van der Waals surface area contributed by atoms with Gasteiger partial charge in [0, 0.05) is 6.42 Å². The highest BCUT2D eigenvalue weighted by molar-refractivity contribution is 5.78. The van der Waals surface area contributed by atoms with Gasteiger partial charge >= 0.3 is 11.9 Å². The van der Waals surface area contributed by atoms with Gasteiger partial charge in [0.15, 0.2) is 0 Å². The Morgan fingerprint density at radius 3 is 1.74 bits per heavy atom. The van der Waals surface area contributed by atoms with E-state index < -0.39 is 43.0 Å². The van der Waals surface area contributed by atoms with Crippen LogP contribution in [-0.2, 0) is 14.3 Å². The van der Waals surface area contributed by atoms with Crippen molar-refractivity contribution in [2.75, 3.05) is 6.61 Å². The molecule has 0 fully saturated rings. The molecule has 0 aliphatic rings. The maximum Gasteiger partial charge on any atom is 0.347 e. The summed E-state index contributed by atoms with van der Waals surface area (Å²) in [6.07, 6.45) is 17.4. The van der Waals surface area contributed by atoms with Gasteiger partial charge in [0.05, 0.1) is 6.61 Å². The second-order valence-electron chi connectivity index (χ2n) is 7.96. The standard InChI is InChI=1S/C26H42O8/c1-2-3-4-5-6-7-8-9-10-11-12-13-14-15-16-17-18-19-22(29)34-25(26(32)33)24(31)23(30)21(28)20-27/h6-7,9-10,12-13,15-16,21,23-25,27-28,30-31H,2-5,8,11,14,17-20H2,1H3,(H,32,33)/t21-,23-,24+,25-/m1/s1. The van der Waals surface area contributed by atoms with E-state index in [1.54, 1.807) is 0 Å². The minimum Gasteiger partial charge on any atom is -0.478 e. The molecule has 0 heterocycles. The molecule has 0 aromatic rings. The van der Waals surface area contributed by atoms with E-state index in [4.69, 9.17) is 14.9 Å².